The molecule has 0 bridgehead atoms. The number of hydrogen-bond donors (Lipinski definition) is 3. The summed E-state index contributed by atoms with van der Waals surface area (Å²) in [6.45, 7) is 3.51. The Balaban J connectivity index is 2.47. The Morgan fingerprint density at radius 1 is 1.22 bits per heavy atom. The van der Waals surface area contributed by atoms with Crippen molar-refractivity contribution in [2.75, 3.05) is 0 Å². The van der Waals surface area contributed by atoms with Crippen molar-refractivity contribution in [1.29, 1.82) is 0 Å². The number of hydrogen-bond acceptors (Lipinski definition) is 4. The molecule has 0 saturated heterocycles. The number of nitrogens with one attached hydrogen (secondary N) is 2. The summed E-state index contributed by atoms with van der Waals surface area (Å²) in [6.07, 6.45) is 1.37. The van der Waals surface area contributed by atoms with Gasteiger partial charge in [-0.25, -0.2) is 5.43 Å². The molecule has 3 N–H and O–H groups in total. The van der Waals surface area contributed by atoms with Crippen molar-refractivity contribution in [3.63, 3.8) is 0 Å². The third kappa shape index (κ3) is 4.65. The minimum absolute atomic E-state index is 0.107. The third-order valence-corrected chi connectivity index (χ3v) is 1.90. The van der Waals surface area contributed by atoms with Gasteiger partial charge in [0, 0.05) is 6.04 Å². The second-order valence-electron chi connectivity index (χ2n) is 3.92. The van der Waals surface area contributed by atoms with Crippen molar-refractivity contribution in [2.24, 2.45) is 5.10 Å². The standard InChI is InChI=1S/C12H15N3O3/c1-8(2)14-11(17)12(18)15-13-7-9-3-5-10(16)6-4-9/h3-8,16H,1-2H3,(H,14,17)(H,15,18)/b13-7+. The highest BCUT2D eigenvalue weighted by molar-refractivity contribution is 6.35. The molecule has 18 heavy (non-hydrogen) atoms. The summed E-state index contributed by atoms with van der Waals surface area (Å²) in [7, 11) is 0. The van der Waals surface area contributed by atoms with Crippen LogP contribution in [0.25, 0.3) is 0 Å². The first kappa shape index (κ1) is 13.7. The number of rotatable bonds is 3. The lowest BCUT2D eigenvalue weighted by Crippen LogP contribution is -2.41. The lowest BCUT2D eigenvalue weighted by molar-refractivity contribution is -0.139. The largest absolute Gasteiger partial charge is 0.508 e. The van der Waals surface area contributed by atoms with Crippen LogP contribution >= 0.6 is 0 Å². The predicted octanol–water partition coefficient (Wildman–Crippen LogP) is 0.367. The predicted molar refractivity (Wildman–Crippen MR) is 67.1 cm³/mol. The fraction of sp³-hybridized carbons (Fsp3) is 0.250. The fourth-order valence-electron chi connectivity index (χ4n) is 1.10. The molecule has 96 valence electrons. The van der Waals surface area contributed by atoms with Gasteiger partial charge in [-0.1, -0.05) is 0 Å². The molecule has 0 unspecified atom stereocenters. The van der Waals surface area contributed by atoms with Gasteiger partial charge in [0.25, 0.3) is 0 Å². The van der Waals surface area contributed by atoms with Crippen molar-refractivity contribution in [2.45, 2.75) is 19.9 Å². The highest BCUT2D eigenvalue weighted by Crippen LogP contribution is 2.07. The van der Waals surface area contributed by atoms with E-state index in [0.29, 0.717) is 5.56 Å². The molecule has 0 aliphatic carbocycles. The van der Waals surface area contributed by atoms with Gasteiger partial charge in [0.05, 0.1) is 6.21 Å². The van der Waals surface area contributed by atoms with E-state index in [9.17, 15) is 9.59 Å². The second kappa shape index (κ2) is 6.39. The maximum atomic E-state index is 11.2. The number of phenolic OH excluding ortho intramolecular Hbond substituents is 1. The van der Waals surface area contributed by atoms with Crippen LogP contribution in [0.5, 0.6) is 5.75 Å². The van der Waals surface area contributed by atoms with E-state index in [1.165, 1.54) is 18.3 Å². The third-order valence-electron chi connectivity index (χ3n) is 1.90. The number of hydrazone groups is 1. The number of phenols is 1. The van der Waals surface area contributed by atoms with Gasteiger partial charge in [0.1, 0.15) is 5.75 Å². The van der Waals surface area contributed by atoms with Crippen LogP contribution in [0.2, 0.25) is 0 Å². The van der Waals surface area contributed by atoms with Crippen LogP contribution in [0.3, 0.4) is 0 Å². The average molecular weight is 249 g/mol. The van der Waals surface area contributed by atoms with E-state index in [1.807, 2.05) is 0 Å². The molecule has 0 aliphatic heterocycles. The van der Waals surface area contributed by atoms with Gasteiger partial charge < -0.3 is 10.4 Å². The van der Waals surface area contributed by atoms with E-state index in [2.05, 4.69) is 15.8 Å². The summed E-state index contributed by atoms with van der Waals surface area (Å²) < 4.78 is 0. The number of benzene rings is 1. The lowest BCUT2D eigenvalue weighted by atomic mass is 10.2. The molecule has 1 rings (SSSR count). The second-order valence-corrected chi connectivity index (χ2v) is 3.92. The summed E-state index contributed by atoms with van der Waals surface area (Å²) in [6, 6.07) is 6.13. The normalized spacial score (nSPS) is 10.6. The van der Waals surface area contributed by atoms with Crippen molar-refractivity contribution in [3.8, 4) is 5.75 Å². The van der Waals surface area contributed by atoms with E-state index < -0.39 is 11.8 Å². The van der Waals surface area contributed by atoms with Crippen LogP contribution in [0, 0.1) is 0 Å². The molecule has 6 nitrogen and oxygen atoms in total. The summed E-state index contributed by atoms with van der Waals surface area (Å²) in [5.41, 5.74) is 2.80. The molecule has 1 aromatic rings. The Bertz CT molecular complexity index is 452. The number of amides is 2. The summed E-state index contributed by atoms with van der Waals surface area (Å²) >= 11 is 0. The van der Waals surface area contributed by atoms with Gasteiger partial charge in [-0.15, -0.1) is 0 Å². The Morgan fingerprint density at radius 3 is 2.39 bits per heavy atom. The van der Waals surface area contributed by atoms with Crippen LogP contribution in [-0.2, 0) is 9.59 Å². The lowest BCUT2D eigenvalue weighted by Gasteiger charge is -2.05. The summed E-state index contributed by atoms with van der Waals surface area (Å²) in [5, 5.41) is 15.1. The van der Waals surface area contributed by atoms with Crippen molar-refractivity contribution < 1.29 is 14.7 Å². The summed E-state index contributed by atoms with van der Waals surface area (Å²) in [5.74, 6) is -1.40. The Morgan fingerprint density at radius 2 is 1.83 bits per heavy atom. The molecule has 1 aromatic carbocycles. The van der Waals surface area contributed by atoms with E-state index in [1.54, 1.807) is 26.0 Å². The first-order valence-corrected chi connectivity index (χ1v) is 5.42. The maximum absolute atomic E-state index is 11.2. The zero-order valence-electron chi connectivity index (χ0n) is 10.2. The summed E-state index contributed by atoms with van der Waals surface area (Å²) in [4.78, 5) is 22.5. The molecule has 0 spiro atoms. The van der Waals surface area contributed by atoms with Crippen LogP contribution < -0.4 is 10.7 Å². The van der Waals surface area contributed by atoms with Gasteiger partial charge in [0.2, 0.25) is 0 Å². The van der Waals surface area contributed by atoms with Gasteiger partial charge in [-0.2, -0.15) is 5.10 Å². The van der Waals surface area contributed by atoms with E-state index >= 15 is 0 Å². The van der Waals surface area contributed by atoms with Crippen LogP contribution in [-0.4, -0.2) is 29.2 Å². The van der Waals surface area contributed by atoms with E-state index in [0.717, 1.165) is 0 Å². The molecule has 2 amide bonds. The minimum Gasteiger partial charge on any atom is -0.508 e. The monoisotopic (exact) mass is 249 g/mol. The Kier molecular flexibility index (Phi) is 4.86. The van der Waals surface area contributed by atoms with Gasteiger partial charge >= 0.3 is 11.8 Å². The minimum atomic E-state index is -0.821. The Hall–Kier alpha value is -2.37. The maximum Gasteiger partial charge on any atom is 0.329 e. The zero-order valence-corrected chi connectivity index (χ0v) is 10.2. The highest BCUT2D eigenvalue weighted by Gasteiger charge is 2.12. The van der Waals surface area contributed by atoms with Crippen molar-refractivity contribution in [3.05, 3.63) is 29.8 Å². The van der Waals surface area contributed by atoms with Gasteiger partial charge in [-0.05, 0) is 43.7 Å². The molecule has 0 fully saturated rings. The molecule has 0 aliphatic rings. The average Bonchev–Trinajstić information content (AvgIpc) is 2.30. The SMILES string of the molecule is CC(C)NC(=O)C(=O)N/N=C/c1ccc(O)cc1. The number of carbonyl (C=O) groups excluding carboxylic acids is 2. The smallest absolute Gasteiger partial charge is 0.329 e. The molecular formula is C12H15N3O3. The number of aromatic hydroxyl groups is 1. The Labute approximate surface area is 105 Å². The molecule has 0 aromatic heterocycles. The number of nitrogens with zero attached hydrogens (tertiary/aromatic N) is 1. The molecule has 0 heterocycles. The van der Waals surface area contributed by atoms with Crippen LogP contribution in [0.1, 0.15) is 19.4 Å². The fourth-order valence-corrected chi connectivity index (χ4v) is 1.10. The first-order chi connectivity index (χ1) is 8.49. The van der Waals surface area contributed by atoms with E-state index in [-0.39, 0.29) is 11.8 Å². The quantitative estimate of drug-likeness (QED) is 0.410. The van der Waals surface area contributed by atoms with Gasteiger partial charge in [0.15, 0.2) is 0 Å². The van der Waals surface area contributed by atoms with Crippen molar-refractivity contribution in [1.82, 2.24) is 10.7 Å². The van der Waals surface area contributed by atoms with Crippen molar-refractivity contribution >= 4 is 18.0 Å². The van der Waals surface area contributed by atoms with Gasteiger partial charge in [-0.3, -0.25) is 9.59 Å². The molecule has 6 heteroatoms. The zero-order chi connectivity index (χ0) is 13.5. The molecule has 0 atom stereocenters. The first-order valence-electron chi connectivity index (χ1n) is 5.42. The van der Waals surface area contributed by atoms with E-state index in [4.69, 9.17) is 5.11 Å². The topological polar surface area (TPSA) is 90.8 Å². The van der Waals surface area contributed by atoms with Crippen LogP contribution in [0.15, 0.2) is 29.4 Å². The molecule has 0 saturated carbocycles. The molecular weight excluding hydrogens is 234 g/mol. The molecule has 0 radical (unpaired) electrons. The number of carbonyl (C=O) groups is 2. The van der Waals surface area contributed by atoms with Crippen LogP contribution in [0.4, 0.5) is 0 Å². The highest BCUT2D eigenvalue weighted by atomic mass is 16.3.